The summed E-state index contributed by atoms with van der Waals surface area (Å²) in [7, 11) is 0. The molecule has 0 atom stereocenters. The third kappa shape index (κ3) is 4.03. The zero-order chi connectivity index (χ0) is 20.5. The van der Waals surface area contributed by atoms with E-state index in [0.717, 1.165) is 29.9 Å². The first-order chi connectivity index (χ1) is 13.1. The Hall–Kier alpha value is -2.83. The predicted octanol–water partition coefficient (Wildman–Crippen LogP) is 5.57. The first-order valence-electron chi connectivity index (χ1n) is 9.05. The highest BCUT2D eigenvalue weighted by Gasteiger charge is 2.31. The number of pyridine rings is 1. The van der Waals surface area contributed by atoms with Crippen LogP contribution in [-0.4, -0.2) is 23.3 Å². The molecule has 7 heteroatoms. The molecule has 148 valence electrons. The van der Waals surface area contributed by atoms with Gasteiger partial charge in [-0.25, -0.2) is 4.98 Å². The number of rotatable bonds is 4. The third-order valence-corrected chi connectivity index (χ3v) is 4.80. The van der Waals surface area contributed by atoms with Crippen molar-refractivity contribution in [3.05, 3.63) is 59.3 Å². The minimum absolute atomic E-state index is 0.0444. The minimum Gasteiger partial charge on any atom is -0.363 e. The summed E-state index contributed by atoms with van der Waals surface area (Å²) in [5, 5.41) is 4.09. The van der Waals surface area contributed by atoms with Crippen LogP contribution in [0, 0.1) is 0 Å². The van der Waals surface area contributed by atoms with Crippen LogP contribution in [0.15, 0.2) is 47.7 Å². The van der Waals surface area contributed by atoms with Crippen molar-refractivity contribution in [2.75, 3.05) is 16.9 Å². The lowest BCUT2D eigenvalue weighted by Gasteiger charge is -2.42. The lowest BCUT2D eigenvalue weighted by atomic mass is 9.88. The van der Waals surface area contributed by atoms with Crippen LogP contribution in [0.2, 0.25) is 0 Å². The summed E-state index contributed by atoms with van der Waals surface area (Å²) in [6.07, 6.45) is 0.267. The summed E-state index contributed by atoms with van der Waals surface area (Å²) in [5.74, 6) is 0.247. The maximum atomic E-state index is 12.6. The maximum Gasteiger partial charge on any atom is 0.417 e. The molecule has 4 nitrogen and oxygen atoms in total. The van der Waals surface area contributed by atoms with Gasteiger partial charge in [0.1, 0.15) is 5.82 Å². The van der Waals surface area contributed by atoms with E-state index in [4.69, 9.17) is 0 Å². The average molecular weight is 388 g/mol. The van der Waals surface area contributed by atoms with Crippen LogP contribution in [0.5, 0.6) is 0 Å². The third-order valence-electron chi connectivity index (χ3n) is 4.80. The summed E-state index contributed by atoms with van der Waals surface area (Å²) in [5.41, 5.74) is 6.26. The van der Waals surface area contributed by atoms with Gasteiger partial charge in [0.2, 0.25) is 0 Å². The van der Waals surface area contributed by atoms with Crippen molar-refractivity contribution >= 4 is 23.3 Å². The normalized spacial score (nSPS) is 16.1. The topological polar surface area (TPSA) is 40.5 Å². The highest BCUT2D eigenvalue weighted by molar-refractivity contribution is 5.88. The van der Waals surface area contributed by atoms with Gasteiger partial charge in [-0.3, -0.25) is 5.43 Å². The van der Waals surface area contributed by atoms with Crippen LogP contribution in [0.25, 0.3) is 5.57 Å². The van der Waals surface area contributed by atoms with Gasteiger partial charge < -0.3 is 4.90 Å². The predicted molar refractivity (Wildman–Crippen MR) is 108 cm³/mol. The highest BCUT2D eigenvalue weighted by Crippen LogP contribution is 2.38. The molecule has 0 amide bonds. The number of halogens is 3. The van der Waals surface area contributed by atoms with E-state index in [-0.39, 0.29) is 11.4 Å². The van der Waals surface area contributed by atoms with Gasteiger partial charge in [0.05, 0.1) is 17.3 Å². The van der Waals surface area contributed by atoms with Crippen molar-refractivity contribution < 1.29 is 13.2 Å². The lowest BCUT2D eigenvalue weighted by molar-refractivity contribution is -0.137. The van der Waals surface area contributed by atoms with Crippen LogP contribution in [-0.2, 0) is 6.18 Å². The molecule has 2 aromatic rings. The number of likely N-dealkylation sites (N-methyl/N-ethyl adjacent to an activating group) is 1. The van der Waals surface area contributed by atoms with Gasteiger partial charge >= 0.3 is 6.18 Å². The van der Waals surface area contributed by atoms with Gasteiger partial charge in [0, 0.05) is 24.0 Å². The Kier molecular flexibility index (Phi) is 5.19. The van der Waals surface area contributed by atoms with E-state index < -0.39 is 11.7 Å². The Labute approximate surface area is 162 Å². The Balaban J connectivity index is 1.77. The fraction of sp³-hybridized carbons (Fsp3) is 0.333. The number of nitrogens with zero attached hydrogens (tertiary/aromatic N) is 3. The quantitative estimate of drug-likeness (QED) is 0.550. The van der Waals surface area contributed by atoms with Crippen molar-refractivity contribution in [3.8, 4) is 0 Å². The number of hydrogen-bond acceptors (Lipinski definition) is 4. The monoisotopic (exact) mass is 388 g/mol. The van der Waals surface area contributed by atoms with E-state index in [1.807, 2.05) is 6.07 Å². The second kappa shape index (κ2) is 7.30. The number of anilines is 2. The number of alkyl halides is 3. The number of aromatic nitrogens is 1. The molecule has 0 saturated carbocycles. The van der Waals surface area contributed by atoms with Gasteiger partial charge in [0.15, 0.2) is 0 Å². The molecule has 1 aliphatic rings. The second-order valence-corrected chi connectivity index (χ2v) is 7.30. The molecule has 28 heavy (non-hydrogen) atoms. The van der Waals surface area contributed by atoms with E-state index in [2.05, 4.69) is 66.3 Å². The molecule has 0 saturated heterocycles. The summed E-state index contributed by atoms with van der Waals surface area (Å²) in [4.78, 5) is 6.08. The number of hydrazone groups is 1. The first kappa shape index (κ1) is 19.9. The van der Waals surface area contributed by atoms with Crippen molar-refractivity contribution in [2.24, 2.45) is 5.10 Å². The SMILES string of the molecule is CCN1c2ccc(/C=N/Nc3ccc(C(F)(F)F)cn3)cc2C(C)=CC1(C)C. The zero-order valence-corrected chi connectivity index (χ0v) is 16.3. The number of fused-ring (bicyclic) bond motifs is 1. The highest BCUT2D eigenvalue weighted by atomic mass is 19.4. The molecule has 0 unspecified atom stereocenters. The fourth-order valence-electron chi connectivity index (χ4n) is 3.56. The summed E-state index contributed by atoms with van der Waals surface area (Å²) < 4.78 is 37.7. The van der Waals surface area contributed by atoms with E-state index in [1.54, 1.807) is 6.21 Å². The first-order valence-corrected chi connectivity index (χ1v) is 9.05. The summed E-state index contributed by atoms with van der Waals surface area (Å²) >= 11 is 0. The van der Waals surface area contributed by atoms with Crippen molar-refractivity contribution in [1.82, 2.24) is 4.98 Å². The molecule has 0 spiro atoms. The molecule has 1 aromatic carbocycles. The van der Waals surface area contributed by atoms with E-state index in [0.29, 0.717) is 0 Å². The molecular weight excluding hydrogens is 365 g/mol. The molecule has 0 bridgehead atoms. The van der Waals surface area contributed by atoms with Crippen molar-refractivity contribution in [3.63, 3.8) is 0 Å². The number of hydrogen-bond donors (Lipinski definition) is 1. The molecule has 0 aliphatic carbocycles. The van der Waals surface area contributed by atoms with Crippen molar-refractivity contribution in [1.29, 1.82) is 0 Å². The minimum atomic E-state index is -4.40. The second-order valence-electron chi connectivity index (χ2n) is 7.30. The Morgan fingerprint density at radius 3 is 2.57 bits per heavy atom. The van der Waals surface area contributed by atoms with Gasteiger partial charge in [-0.05, 0) is 63.1 Å². The van der Waals surface area contributed by atoms with Gasteiger partial charge in [-0.1, -0.05) is 12.1 Å². The van der Waals surface area contributed by atoms with E-state index in [9.17, 15) is 13.2 Å². The molecule has 0 radical (unpaired) electrons. The Morgan fingerprint density at radius 1 is 1.21 bits per heavy atom. The molecule has 3 rings (SSSR count). The van der Waals surface area contributed by atoms with Crippen molar-refractivity contribution in [2.45, 2.75) is 39.4 Å². The van der Waals surface area contributed by atoms with Crippen LogP contribution >= 0.6 is 0 Å². The van der Waals surface area contributed by atoms with E-state index >= 15 is 0 Å². The standard InChI is InChI=1S/C21H23F3N4/c1-5-28-18-8-6-15(10-17(18)14(2)11-20(28,3)4)12-26-27-19-9-7-16(13-25-19)21(22,23)24/h6-13H,5H2,1-4H3,(H,25,27)/b26-12+. The molecule has 1 aromatic heterocycles. The summed E-state index contributed by atoms with van der Waals surface area (Å²) in [6.45, 7) is 9.52. The fourth-order valence-corrected chi connectivity index (χ4v) is 3.56. The van der Waals surface area contributed by atoms with E-state index in [1.165, 1.54) is 17.3 Å². The molecule has 2 heterocycles. The maximum absolute atomic E-state index is 12.6. The Morgan fingerprint density at radius 2 is 1.96 bits per heavy atom. The molecule has 1 N–H and O–H groups in total. The largest absolute Gasteiger partial charge is 0.417 e. The molecular formula is C21H23F3N4. The average Bonchev–Trinajstić information content (AvgIpc) is 2.61. The Bertz CT molecular complexity index is 912. The number of allylic oxidation sites excluding steroid dienone is 1. The van der Waals surface area contributed by atoms with Crippen LogP contribution < -0.4 is 10.3 Å². The molecule has 0 fully saturated rings. The van der Waals surface area contributed by atoms with Gasteiger partial charge in [-0.15, -0.1) is 0 Å². The van der Waals surface area contributed by atoms with Crippen LogP contribution in [0.3, 0.4) is 0 Å². The van der Waals surface area contributed by atoms with Crippen LogP contribution in [0.1, 0.15) is 44.4 Å². The van der Waals surface area contributed by atoms with Gasteiger partial charge in [-0.2, -0.15) is 18.3 Å². The summed E-state index contributed by atoms with van der Waals surface area (Å²) in [6, 6.07) is 8.33. The number of nitrogens with one attached hydrogen (secondary N) is 1. The van der Waals surface area contributed by atoms with Gasteiger partial charge in [0.25, 0.3) is 0 Å². The zero-order valence-electron chi connectivity index (χ0n) is 16.3. The number of benzene rings is 1. The van der Waals surface area contributed by atoms with Crippen LogP contribution in [0.4, 0.5) is 24.7 Å². The smallest absolute Gasteiger partial charge is 0.363 e. The lowest BCUT2D eigenvalue weighted by Crippen LogP contribution is -2.44. The molecule has 1 aliphatic heterocycles.